The van der Waals surface area contributed by atoms with E-state index in [1.54, 1.807) is 0 Å². The molecule has 4 nitrogen and oxygen atoms in total. The molecule has 0 aliphatic heterocycles. The molecule has 2 rings (SSSR count). The molecule has 146 valence electrons. The van der Waals surface area contributed by atoms with Crippen molar-refractivity contribution in [3.8, 4) is 0 Å². The number of nitrogens with zero attached hydrogens (tertiary/aromatic N) is 1. The van der Waals surface area contributed by atoms with Crippen molar-refractivity contribution in [3.63, 3.8) is 0 Å². The largest absolute Gasteiger partial charge is 0.463 e. The third-order valence-corrected chi connectivity index (χ3v) is 4.02. The number of benzene rings is 2. The highest BCUT2D eigenvalue weighted by Gasteiger charge is 2.16. The van der Waals surface area contributed by atoms with Crippen molar-refractivity contribution >= 4 is 5.97 Å². The third kappa shape index (κ3) is 7.45. The number of ether oxygens (including phenoxy) is 1. The fraction of sp³-hybridized carbons (Fsp3) is 0.381. The van der Waals surface area contributed by atoms with E-state index >= 15 is 0 Å². The van der Waals surface area contributed by atoms with Crippen LogP contribution in [0.15, 0.2) is 48.5 Å². The summed E-state index contributed by atoms with van der Waals surface area (Å²) in [6, 6.07) is 13.0. The van der Waals surface area contributed by atoms with E-state index in [1.807, 2.05) is 42.2 Å². The minimum Gasteiger partial charge on any atom is -0.463 e. The van der Waals surface area contributed by atoms with Gasteiger partial charge in [0, 0.05) is 37.7 Å². The van der Waals surface area contributed by atoms with Crippen LogP contribution in [0.2, 0.25) is 0 Å². The lowest BCUT2D eigenvalue weighted by Gasteiger charge is -2.25. The maximum atomic E-state index is 14.0. The summed E-state index contributed by atoms with van der Waals surface area (Å²) >= 11 is 0. The van der Waals surface area contributed by atoms with Crippen LogP contribution in [-0.2, 0) is 22.6 Å². The highest BCUT2D eigenvalue weighted by Crippen LogP contribution is 2.15. The zero-order valence-corrected chi connectivity index (χ0v) is 15.4. The van der Waals surface area contributed by atoms with E-state index in [0.717, 1.165) is 11.6 Å². The summed E-state index contributed by atoms with van der Waals surface area (Å²) in [7, 11) is 0. The van der Waals surface area contributed by atoms with Crippen LogP contribution in [0, 0.1) is 11.6 Å². The van der Waals surface area contributed by atoms with E-state index < -0.39 is 17.7 Å². The smallest absolute Gasteiger partial charge is 0.305 e. The summed E-state index contributed by atoms with van der Waals surface area (Å²) in [5.41, 5.74) is 1.33. The molecule has 0 aromatic heterocycles. The van der Waals surface area contributed by atoms with Gasteiger partial charge in [-0.2, -0.15) is 0 Å². The summed E-state index contributed by atoms with van der Waals surface area (Å²) in [4.78, 5) is 13.3. The zero-order chi connectivity index (χ0) is 19.6. The van der Waals surface area contributed by atoms with Gasteiger partial charge in [-0.05, 0) is 18.1 Å². The summed E-state index contributed by atoms with van der Waals surface area (Å²) in [6.45, 7) is 2.61. The van der Waals surface area contributed by atoms with E-state index in [9.17, 15) is 18.7 Å². The van der Waals surface area contributed by atoms with Gasteiger partial charge in [0.15, 0.2) is 0 Å². The number of hydrogen-bond acceptors (Lipinski definition) is 4. The van der Waals surface area contributed by atoms with Crippen molar-refractivity contribution in [2.24, 2.45) is 0 Å². The number of carbonyl (C=O) groups is 1. The number of rotatable bonds is 10. The third-order valence-electron chi connectivity index (χ3n) is 4.02. The molecule has 2 aromatic rings. The molecular weight excluding hydrogens is 352 g/mol. The van der Waals surface area contributed by atoms with Crippen LogP contribution < -0.4 is 0 Å². The Labute approximate surface area is 158 Å². The number of hydrogen-bond donors (Lipinski definition) is 1. The van der Waals surface area contributed by atoms with Crippen LogP contribution in [0.4, 0.5) is 8.78 Å². The fourth-order valence-electron chi connectivity index (χ4n) is 2.73. The topological polar surface area (TPSA) is 49.8 Å². The van der Waals surface area contributed by atoms with Crippen LogP contribution in [0.1, 0.15) is 30.9 Å². The predicted molar refractivity (Wildman–Crippen MR) is 98.8 cm³/mol. The normalized spacial score (nSPS) is 12.2. The number of esters is 1. The first kappa shape index (κ1) is 21.0. The Bertz CT molecular complexity index is 725. The van der Waals surface area contributed by atoms with Crippen molar-refractivity contribution < 1.29 is 23.4 Å². The molecule has 0 heterocycles. The molecule has 1 N–H and O–H groups in total. The van der Waals surface area contributed by atoms with Gasteiger partial charge in [0.05, 0.1) is 0 Å². The zero-order valence-electron chi connectivity index (χ0n) is 15.4. The summed E-state index contributed by atoms with van der Waals surface area (Å²) < 4.78 is 32.2. The Kier molecular flexibility index (Phi) is 8.36. The lowest BCUT2D eigenvalue weighted by Crippen LogP contribution is -2.35. The van der Waals surface area contributed by atoms with Gasteiger partial charge < -0.3 is 9.84 Å². The van der Waals surface area contributed by atoms with E-state index in [-0.39, 0.29) is 25.7 Å². The molecule has 0 amide bonds. The molecular formula is C21H25F2NO3. The van der Waals surface area contributed by atoms with Gasteiger partial charge in [0.1, 0.15) is 24.3 Å². The van der Waals surface area contributed by atoms with Gasteiger partial charge in [0.2, 0.25) is 0 Å². The van der Waals surface area contributed by atoms with Crippen LogP contribution in [-0.4, -0.2) is 35.2 Å². The van der Waals surface area contributed by atoms with Crippen molar-refractivity contribution in [1.29, 1.82) is 0 Å². The molecule has 0 aliphatic rings. The average Bonchev–Trinajstić information content (AvgIpc) is 2.63. The predicted octanol–water partition coefficient (Wildman–Crippen LogP) is 3.67. The van der Waals surface area contributed by atoms with Gasteiger partial charge in [0.25, 0.3) is 0 Å². The quantitative estimate of drug-likeness (QED) is 0.642. The molecule has 0 spiro atoms. The second-order valence-corrected chi connectivity index (χ2v) is 6.48. The fourth-order valence-corrected chi connectivity index (χ4v) is 2.73. The van der Waals surface area contributed by atoms with E-state index in [1.165, 1.54) is 12.1 Å². The number of carbonyl (C=O) groups excluding carboxylic acids is 1. The van der Waals surface area contributed by atoms with E-state index in [4.69, 9.17) is 4.74 Å². The Balaban J connectivity index is 2.03. The standard InChI is InChI=1S/C21H25F2NO3/c1-2-6-21(26)27-15-19(25)14-24(12-16-7-4-3-5-8-16)13-17-9-10-18(22)11-20(17)23/h3-5,7-11,19,25H,2,6,12-15H2,1H3/t19-/m1/s1. The number of aliphatic hydroxyl groups excluding tert-OH is 1. The average molecular weight is 377 g/mol. The van der Waals surface area contributed by atoms with E-state index in [0.29, 0.717) is 24.9 Å². The van der Waals surface area contributed by atoms with Crippen LogP contribution in [0.5, 0.6) is 0 Å². The molecule has 0 saturated heterocycles. The lowest BCUT2D eigenvalue weighted by molar-refractivity contribution is -0.147. The molecule has 27 heavy (non-hydrogen) atoms. The maximum absolute atomic E-state index is 14.0. The SMILES string of the molecule is CCCC(=O)OC[C@H](O)CN(Cc1ccccc1)Cc1ccc(F)cc1F. The summed E-state index contributed by atoms with van der Waals surface area (Å²) in [5.74, 6) is -1.61. The molecule has 2 aromatic carbocycles. The first-order chi connectivity index (χ1) is 13.0. The van der Waals surface area contributed by atoms with Gasteiger partial charge in [-0.1, -0.05) is 43.3 Å². The van der Waals surface area contributed by atoms with Gasteiger partial charge in [-0.3, -0.25) is 9.69 Å². The van der Waals surface area contributed by atoms with Gasteiger partial charge in [-0.15, -0.1) is 0 Å². The highest BCUT2D eigenvalue weighted by atomic mass is 19.1. The van der Waals surface area contributed by atoms with Crippen molar-refractivity contribution in [2.75, 3.05) is 13.2 Å². The molecule has 0 radical (unpaired) electrons. The Morgan fingerprint density at radius 2 is 1.89 bits per heavy atom. The van der Waals surface area contributed by atoms with Crippen molar-refractivity contribution in [1.82, 2.24) is 4.90 Å². The summed E-state index contributed by atoms with van der Waals surface area (Å²) in [5, 5.41) is 10.2. The van der Waals surface area contributed by atoms with Crippen LogP contribution >= 0.6 is 0 Å². The Morgan fingerprint density at radius 1 is 1.15 bits per heavy atom. The monoisotopic (exact) mass is 377 g/mol. The first-order valence-corrected chi connectivity index (χ1v) is 9.01. The van der Waals surface area contributed by atoms with Gasteiger partial charge in [-0.25, -0.2) is 8.78 Å². The van der Waals surface area contributed by atoms with Gasteiger partial charge >= 0.3 is 5.97 Å². The summed E-state index contributed by atoms with van der Waals surface area (Å²) in [6.07, 6.45) is 0.0817. The molecule has 0 bridgehead atoms. The number of halogens is 2. The lowest BCUT2D eigenvalue weighted by atomic mass is 10.1. The van der Waals surface area contributed by atoms with Crippen molar-refractivity contribution in [3.05, 3.63) is 71.3 Å². The molecule has 6 heteroatoms. The Morgan fingerprint density at radius 3 is 2.56 bits per heavy atom. The van der Waals surface area contributed by atoms with Crippen molar-refractivity contribution in [2.45, 2.75) is 39.0 Å². The minimum absolute atomic E-state index is 0.115. The minimum atomic E-state index is -0.905. The van der Waals surface area contributed by atoms with Crippen LogP contribution in [0.3, 0.4) is 0 Å². The Hall–Kier alpha value is -2.31. The highest BCUT2D eigenvalue weighted by molar-refractivity contribution is 5.69. The second-order valence-electron chi connectivity index (χ2n) is 6.48. The maximum Gasteiger partial charge on any atom is 0.305 e. The molecule has 1 atom stereocenters. The van der Waals surface area contributed by atoms with Crippen LogP contribution in [0.25, 0.3) is 0 Å². The molecule has 0 unspecified atom stereocenters. The molecule has 0 aliphatic carbocycles. The molecule has 0 fully saturated rings. The van der Waals surface area contributed by atoms with E-state index in [2.05, 4.69) is 0 Å². The number of aliphatic hydroxyl groups is 1. The second kappa shape index (κ2) is 10.7. The molecule has 0 saturated carbocycles. The first-order valence-electron chi connectivity index (χ1n) is 9.01.